The van der Waals surface area contributed by atoms with Gasteiger partial charge in [0.15, 0.2) is 12.4 Å². The van der Waals surface area contributed by atoms with Gasteiger partial charge in [-0.1, -0.05) is 338 Å². The van der Waals surface area contributed by atoms with Gasteiger partial charge in [-0.05, 0) is 128 Å². The molecule has 0 radical (unpaired) electrons. The Labute approximate surface area is 597 Å². The summed E-state index contributed by atoms with van der Waals surface area (Å²) in [5, 5.41) is 11.9. The minimum absolute atomic E-state index is 0.137. The molecule has 0 heterocycles. The summed E-state index contributed by atoms with van der Waals surface area (Å²) in [6, 6.07) is 0. The summed E-state index contributed by atoms with van der Waals surface area (Å²) in [4.78, 5) is 37.6. The Bertz CT molecular complexity index is 2210. The molecular weight excluding hydrogens is 1200 g/mol. The molecule has 0 amide bonds. The summed E-state index contributed by atoms with van der Waals surface area (Å²) in [6.45, 7) is 4.50. The van der Waals surface area contributed by atoms with Crippen LogP contribution in [-0.2, 0) is 33.3 Å². The number of esters is 2. The van der Waals surface area contributed by atoms with E-state index in [-0.39, 0.29) is 38.6 Å². The molecule has 0 aromatic heterocycles. The standard InChI is InChI=1S/C88H145NO8/c1-6-8-10-12-14-16-18-20-22-24-26-28-30-32-34-36-38-40-41-42-43-44-45-47-48-50-52-54-56-58-60-62-64-66-68-70-72-74-76-78-85(90)95-82-84(83-96-88(87(92)93)94-81-80-89(3,4)5)97-86(91)79-77-75-73-71-69-67-65-63-61-59-57-55-53-51-49-46-39-37-35-33-31-29-27-25-23-21-19-17-15-13-11-9-7-2/h8-11,14-17,20-23,26-29,32-35,39,46,51,53,57,59,63,65,84,88H,6-7,12-13,18-19,24-25,30-31,36-38,40-45,47-50,52,54-56,58,60-62,64,66-83H2,1-5H3/b10-8-,11-9-,16-14-,17-15-,22-20-,23-21-,28-26-,29-27-,34-32-,35-33-,46-39-,53-51-,59-57-,65-63-. The number of allylic oxidation sites excluding steroid dienone is 28. The normalized spacial score (nSPS) is 13.6. The molecule has 0 saturated carbocycles. The van der Waals surface area contributed by atoms with Gasteiger partial charge in [-0.15, -0.1) is 0 Å². The first-order chi connectivity index (χ1) is 47.6. The van der Waals surface area contributed by atoms with Gasteiger partial charge in [0.05, 0.1) is 40.3 Å². The maximum absolute atomic E-state index is 13.0. The van der Waals surface area contributed by atoms with E-state index >= 15 is 0 Å². The number of carboxylic acid groups (broad SMARTS) is 1. The van der Waals surface area contributed by atoms with Gasteiger partial charge in [0.2, 0.25) is 0 Å². The van der Waals surface area contributed by atoms with Crippen LogP contribution in [0.2, 0.25) is 0 Å². The smallest absolute Gasteiger partial charge is 0.306 e. The summed E-state index contributed by atoms with van der Waals surface area (Å²) < 4.78 is 22.8. The number of nitrogens with zero attached hydrogens (tertiary/aromatic N) is 1. The van der Waals surface area contributed by atoms with Crippen molar-refractivity contribution in [2.75, 3.05) is 47.5 Å². The molecule has 9 heteroatoms. The second-order valence-corrected chi connectivity index (χ2v) is 26.9. The number of aliphatic carboxylic acids is 1. The first-order valence-corrected chi connectivity index (χ1v) is 39.3. The second-order valence-electron chi connectivity index (χ2n) is 26.9. The number of unbranched alkanes of at least 4 members (excludes halogenated alkanes) is 28. The number of rotatable bonds is 71. The highest BCUT2D eigenvalue weighted by Crippen LogP contribution is 2.18. The predicted octanol–water partition coefficient (Wildman–Crippen LogP) is 24.0. The maximum Gasteiger partial charge on any atom is 0.306 e. The molecule has 0 bridgehead atoms. The summed E-state index contributed by atoms with van der Waals surface area (Å²) in [6.07, 6.45) is 112. The van der Waals surface area contributed by atoms with Crippen LogP contribution < -0.4 is 5.11 Å². The zero-order chi connectivity index (χ0) is 70.4. The number of hydrogen-bond acceptors (Lipinski definition) is 8. The number of carboxylic acids is 1. The number of hydrogen-bond donors (Lipinski definition) is 0. The Kier molecular flexibility index (Phi) is 72.2. The van der Waals surface area contributed by atoms with Crippen molar-refractivity contribution in [1.29, 1.82) is 0 Å². The monoisotopic (exact) mass is 1340 g/mol. The molecule has 97 heavy (non-hydrogen) atoms. The molecule has 0 spiro atoms. The van der Waals surface area contributed by atoms with Crippen molar-refractivity contribution in [3.8, 4) is 0 Å². The van der Waals surface area contributed by atoms with E-state index in [1.54, 1.807) is 0 Å². The van der Waals surface area contributed by atoms with E-state index in [0.717, 1.165) is 141 Å². The number of ether oxygens (including phenoxy) is 4. The molecule has 0 N–H and O–H groups in total. The van der Waals surface area contributed by atoms with E-state index in [2.05, 4.69) is 184 Å². The fraction of sp³-hybridized carbons (Fsp3) is 0.648. The van der Waals surface area contributed by atoms with Crippen LogP contribution in [0.5, 0.6) is 0 Å². The van der Waals surface area contributed by atoms with Crippen LogP contribution in [0.1, 0.15) is 309 Å². The SMILES string of the molecule is CC/C=C\C/C=C\C/C=C\C/C=C\C/C=C\C/C=C\C/C=C\C/C=C\C/C=C\CCCCCCCC(=O)OC(COC(=O)CCCCCCCCCCCCCCCCCCCCCCCCC/C=C\C/C=C\C/C=C\C/C=C\C/C=C\CC)COC(OCC[N+](C)(C)C)C(=O)[O-]. The summed E-state index contributed by atoms with van der Waals surface area (Å²) >= 11 is 0. The third-order valence-corrected chi connectivity index (χ3v) is 16.5. The molecule has 0 aromatic carbocycles. The number of carbonyl (C=O) groups is 3. The van der Waals surface area contributed by atoms with Crippen LogP contribution in [0.25, 0.3) is 0 Å². The van der Waals surface area contributed by atoms with Crippen LogP contribution in [-0.4, -0.2) is 82.3 Å². The largest absolute Gasteiger partial charge is 0.545 e. The van der Waals surface area contributed by atoms with Crippen LogP contribution in [0.4, 0.5) is 0 Å². The van der Waals surface area contributed by atoms with Crippen LogP contribution in [0, 0.1) is 0 Å². The van der Waals surface area contributed by atoms with Crippen molar-refractivity contribution in [3.05, 3.63) is 170 Å². The molecule has 2 unspecified atom stereocenters. The van der Waals surface area contributed by atoms with Crippen molar-refractivity contribution < 1.29 is 42.9 Å². The fourth-order valence-electron chi connectivity index (χ4n) is 10.6. The van der Waals surface area contributed by atoms with Gasteiger partial charge in [-0.2, -0.15) is 0 Å². The summed E-state index contributed by atoms with van der Waals surface area (Å²) in [5.41, 5.74) is 0. The lowest BCUT2D eigenvalue weighted by Crippen LogP contribution is -2.44. The molecule has 2 atom stereocenters. The molecule has 0 fully saturated rings. The predicted molar refractivity (Wildman–Crippen MR) is 416 cm³/mol. The summed E-state index contributed by atoms with van der Waals surface area (Å²) in [5.74, 6) is -2.31. The molecule has 0 aromatic rings. The number of carbonyl (C=O) groups excluding carboxylic acids is 3. The van der Waals surface area contributed by atoms with Crippen molar-refractivity contribution >= 4 is 17.9 Å². The van der Waals surface area contributed by atoms with E-state index in [4.69, 9.17) is 18.9 Å². The second kappa shape index (κ2) is 76.4. The van der Waals surface area contributed by atoms with E-state index in [9.17, 15) is 19.5 Å². The highest BCUT2D eigenvalue weighted by molar-refractivity contribution is 5.70. The molecule has 0 aliphatic heterocycles. The lowest BCUT2D eigenvalue weighted by atomic mass is 10.0. The Hall–Kier alpha value is -5.35. The minimum Gasteiger partial charge on any atom is -0.545 e. The third kappa shape index (κ3) is 77.9. The zero-order valence-electron chi connectivity index (χ0n) is 62.9. The topological polar surface area (TPSA) is 111 Å². The quantitative estimate of drug-likeness (QED) is 0.0195. The molecule has 9 nitrogen and oxygen atoms in total. The average Bonchev–Trinajstić information content (AvgIpc) is 2.59. The van der Waals surface area contributed by atoms with Gasteiger partial charge in [0.25, 0.3) is 0 Å². The van der Waals surface area contributed by atoms with E-state index < -0.39 is 24.3 Å². The van der Waals surface area contributed by atoms with Crippen LogP contribution in [0.15, 0.2) is 170 Å². The Morgan fingerprint density at radius 1 is 0.309 bits per heavy atom. The molecule has 0 rings (SSSR count). The molecule has 550 valence electrons. The molecule has 0 saturated heterocycles. The Morgan fingerprint density at radius 2 is 0.557 bits per heavy atom. The lowest BCUT2D eigenvalue weighted by Gasteiger charge is -2.26. The van der Waals surface area contributed by atoms with Crippen molar-refractivity contribution in [2.45, 2.75) is 322 Å². The highest BCUT2D eigenvalue weighted by Gasteiger charge is 2.22. The molecule has 0 aliphatic rings. The number of likely N-dealkylation sites (N-methyl/N-ethyl adjacent to an activating group) is 1. The maximum atomic E-state index is 13.0. The first kappa shape index (κ1) is 91.6. The number of quaternary nitrogens is 1. The molecular formula is C88H145NO8. The first-order valence-electron chi connectivity index (χ1n) is 39.3. The van der Waals surface area contributed by atoms with Gasteiger partial charge in [-0.3, -0.25) is 9.59 Å². The van der Waals surface area contributed by atoms with E-state index in [1.807, 2.05) is 21.1 Å². The lowest BCUT2D eigenvalue weighted by molar-refractivity contribution is -0.870. The minimum atomic E-state index is -1.64. The third-order valence-electron chi connectivity index (χ3n) is 16.5. The summed E-state index contributed by atoms with van der Waals surface area (Å²) in [7, 11) is 5.92. The molecule has 0 aliphatic carbocycles. The highest BCUT2D eigenvalue weighted by atomic mass is 16.7. The van der Waals surface area contributed by atoms with Gasteiger partial charge >= 0.3 is 11.9 Å². The van der Waals surface area contributed by atoms with Gasteiger partial charge in [-0.25, -0.2) is 0 Å². The van der Waals surface area contributed by atoms with Crippen molar-refractivity contribution in [1.82, 2.24) is 0 Å². The van der Waals surface area contributed by atoms with E-state index in [0.29, 0.717) is 17.4 Å². The van der Waals surface area contributed by atoms with Gasteiger partial charge in [0, 0.05) is 12.8 Å². The average molecular weight is 1350 g/mol. The van der Waals surface area contributed by atoms with E-state index in [1.165, 1.54) is 135 Å². The van der Waals surface area contributed by atoms with Crippen molar-refractivity contribution in [3.63, 3.8) is 0 Å². The van der Waals surface area contributed by atoms with Crippen LogP contribution >= 0.6 is 0 Å². The van der Waals surface area contributed by atoms with Gasteiger partial charge < -0.3 is 33.3 Å². The Balaban J connectivity index is 4.09. The fourth-order valence-corrected chi connectivity index (χ4v) is 10.6. The Morgan fingerprint density at radius 3 is 0.825 bits per heavy atom. The van der Waals surface area contributed by atoms with Crippen LogP contribution in [0.3, 0.4) is 0 Å². The van der Waals surface area contributed by atoms with Crippen molar-refractivity contribution in [2.24, 2.45) is 0 Å². The zero-order valence-corrected chi connectivity index (χ0v) is 62.9. The van der Waals surface area contributed by atoms with Gasteiger partial charge in [0.1, 0.15) is 13.2 Å².